The summed E-state index contributed by atoms with van der Waals surface area (Å²) in [5.74, 6) is -0.179. The number of para-hydroxylation sites is 2. The highest BCUT2D eigenvalue weighted by Crippen LogP contribution is 2.20. The highest BCUT2D eigenvalue weighted by Gasteiger charge is 2.11. The molecule has 3 rings (SSSR count). The summed E-state index contributed by atoms with van der Waals surface area (Å²) in [4.78, 5) is 12.3. The molecule has 5 nitrogen and oxygen atoms in total. The van der Waals surface area contributed by atoms with Crippen LogP contribution in [0.2, 0.25) is 0 Å². The van der Waals surface area contributed by atoms with Gasteiger partial charge in [0.05, 0.1) is 17.4 Å². The molecule has 3 N–H and O–H groups in total. The van der Waals surface area contributed by atoms with Crippen molar-refractivity contribution in [2.24, 2.45) is 0 Å². The van der Waals surface area contributed by atoms with Crippen LogP contribution in [0.25, 0.3) is 0 Å². The minimum atomic E-state index is -0.179. The van der Waals surface area contributed by atoms with Crippen LogP contribution < -0.4 is 11.1 Å². The van der Waals surface area contributed by atoms with Crippen molar-refractivity contribution < 1.29 is 4.79 Å². The molecule has 0 saturated heterocycles. The second-order valence-corrected chi connectivity index (χ2v) is 5.33. The first-order valence-corrected chi connectivity index (χ1v) is 7.40. The van der Waals surface area contributed by atoms with Crippen LogP contribution in [0.1, 0.15) is 28.9 Å². The maximum atomic E-state index is 12.3. The maximum absolute atomic E-state index is 12.3. The Morgan fingerprint density at radius 3 is 2.52 bits per heavy atom. The zero-order valence-electron chi connectivity index (χ0n) is 12.8. The van der Waals surface area contributed by atoms with Gasteiger partial charge in [-0.1, -0.05) is 24.3 Å². The van der Waals surface area contributed by atoms with E-state index in [0.717, 1.165) is 5.56 Å². The number of carbonyl (C=O) groups excluding carboxylic acids is 1. The van der Waals surface area contributed by atoms with Crippen molar-refractivity contribution in [2.75, 3.05) is 11.1 Å². The van der Waals surface area contributed by atoms with Gasteiger partial charge in [0.1, 0.15) is 0 Å². The molecule has 0 bridgehead atoms. The zero-order valence-corrected chi connectivity index (χ0v) is 12.8. The van der Waals surface area contributed by atoms with Crippen LogP contribution in [-0.4, -0.2) is 15.7 Å². The predicted molar refractivity (Wildman–Crippen MR) is 91.3 cm³/mol. The van der Waals surface area contributed by atoms with E-state index in [1.807, 2.05) is 53.3 Å². The minimum Gasteiger partial charge on any atom is -0.397 e. The Hall–Kier alpha value is -3.08. The van der Waals surface area contributed by atoms with Gasteiger partial charge >= 0.3 is 0 Å². The first kappa shape index (κ1) is 14.8. The molecule has 0 aliphatic rings. The number of rotatable bonds is 4. The van der Waals surface area contributed by atoms with Crippen LogP contribution in [0.4, 0.5) is 11.4 Å². The van der Waals surface area contributed by atoms with E-state index >= 15 is 0 Å². The Labute approximate surface area is 134 Å². The molecule has 0 aliphatic heterocycles. The largest absolute Gasteiger partial charge is 0.397 e. The van der Waals surface area contributed by atoms with E-state index in [-0.39, 0.29) is 11.9 Å². The van der Waals surface area contributed by atoms with Gasteiger partial charge in [0.25, 0.3) is 5.91 Å². The van der Waals surface area contributed by atoms with Crippen LogP contribution in [-0.2, 0) is 0 Å². The van der Waals surface area contributed by atoms with E-state index in [9.17, 15) is 4.79 Å². The van der Waals surface area contributed by atoms with Gasteiger partial charge in [-0.15, -0.1) is 0 Å². The molecule has 1 heterocycles. The monoisotopic (exact) mass is 306 g/mol. The lowest BCUT2D eigenvalue weighted by atomic mass is 10.1. The molecule has 1 atom stereocenters. The summed E-state index contributed by atoms with van der Waals surface area (Å²) in [7, 11) is 0. The molecular formula is C18H18N4O. The Bertz CT molecular complexity index is 794. The van der Waals surface area contributed by atoms with Gasteiger partial charge in [0, 0.05) is 18.0 Å². The van der Waals surface area contributed by atoms with Gasteiger partial charge in [-0.3, -0.25) is 9.48 Å². The standard InChI is InChI=1S/C18H18N4O/c1-13(22-12-4-11-20-22)14-7-9-15(10-8-14)18(23)21-17-6-3-2-5-16(17)19/h2-13H,19H2,1H3,(H,21,23)/t13-/m1/s1. The number of hydrogen-bond donors (Lipinski definition) is 2. The minimum absolute atomic E-state index is 0.117. The molecule has 116 valence electrons. The Kier molecular flexibility index (Phi) is 4.10. The van der Waals surface area contributed by atoms with Crippen LogP contribution in [0.5, 0.6) is 0 Å². The number of nitrogen functional groups attached to an aromatic ring is 1. The summed E-state index contributed by atoms with van der Waals surface area (Å²) in [6.07, 6.45) is 3.67. The van der Waals surface area contributed by atoms with Crippen LogP contribution >= 0.6 is 0 Å². The smallest absolute Gasteiger partial charge is 0.255 e. The van der Waals surface area contributed by atoms with Gasteiger partial charge in [-0.2, -0.15) is 5.10 Å². The van der Waals surface area contributed by atoms with E-state index in [0.29, 0.717) is 16.9 Å². The molecule has 0 saturated carbocycles. The second-order valence-electron chi connectivity index (χ2n) is 5.33. The molecular weight excluding hydrogens is 288 g/mol. The van der Waals surface area contributed by atoms with E-state index in [2.05, 4.69) is 17.3 Å². The molecule has 0 radical (unpaired) electrons. The van der Waals surface area contributed by atoms with E-state index in [1.54, 1.807) is 18.3 Å². The molecule has 0 spiro atoms. The van der Waals surface area contributed by atoms with Crippen molar-refractivity contribution in [1.29, 1.82) is 0 Å². The molecule has 0 unspecified atom stereocenters. The third-order valence-corrected chi connectivity index (χ3v) is 3.79. The number of anilines is 2. The van der Waals surface area contributed by atoms with E-state index < -0.39 is 0 Å². The van der Waals surface area contributed by atoms with E-state index in [4.69, 9.17) is 5.73 Å². The van der Waals surface area contributed by atoms with Gasteiger partial charge in [0.2, 0.25) is 0 Å². The average Bonchev–Trinajstić information content (AvgIpc) is 3.11. The van der Waals surface area contributed by atoms with Crippen molar-refractivity contribution in [3.63, 3.8) is 0 Å². The van der Waals surface area contributed by atoms with Crippen molar-refractivity contribution in [1.82, 2.24) is 9.78 Å². The number of aromatic nitrogens is 2. The first-order valence-electron chi connectivity index (χ1n) is 7.40. The number of nitrogens with one attached hydrogen (secondary N) is 1. The lowest BCUT2D eigenvalue weighted by Gasteiger charge is -2.13. The van der Waals surface area contributed by atoms with Crippen LogP contribution in [0.3, 0.4) is 0 Å². The van der Waals surface area contributed by atoms with Gasteiger partial charge < -0.3 is 11.1 Å². The molecule has 0 fully saturated rings. The lowest BCUT2D eigenvalue weighted by molar-refractivity contribution is 0.102. The number of carbonyl (C=O) groups is 1. The fourth-order valence-electron chi connectivity index (χ4n) is 2.38. The van der Waals surface area contributed by atoms with Crippen molar-refractivity contribution in [2.45, 2.75) is 13.0 Å². The van der Waals surface area contributed by atoms with Gasteiger partial charge in [-0.05, 0) is 42.8 Å². The SMILES string of the molecule is C[C@H](c1ccc(C(=O)Nc2ccccc2N)cc1)n1cccn1. The van der Waals surface area contributed by atoms with Gasteiger partial charge in [-0.25, -0.2) is 0 Å². The maximum Gasteiger partial charge on any atom is 0.255 e. The molecule has 1 aromatic heterocycles. The lowest BCUT2D eigenvalue weighted by Crippen LogP contribution is -2.13. The van der Waals surface area contributed by atoms with Crippen molar-refractivity contribution in [3.05, 3.63) is 78.1 Å². The summed E-state index contributed by atoms with van der Waals surface area (Å²) in [5, 5.41) is 7.06. The van der Waals surface area contributed by atoms with Crippen molar-refractivity contribution >= 4 is 17.3 Å². The quantitative estimate of drug-likeness (QED) is 0.726. The number of hydrogen-bond acceptors (Lipinski definition) is 3. The van der Waals surface area contributed by atoms with Crippen molar-refractivity contribution in [3.8, 4) is 0 Å². The Morgan fingerprint density at radius 1 is 1.13 bits per heavy atom. The molecule has 1 amide bonds. The number of nitrogens with two attached hydrogens (primary N) is 1. The molecule has 5 heteroatoms. The molecule has 0 aliphatic carbocycles. The summed E-state index contributed by atoms with van der Waals surface area (Å²) < 4.78 is 1.87. The fraction of sp³-hybridized carbons (Fsp3) is 0.111. The molecule has 23 heavy (non-hydrogen) atoms. The normalized spacial score (nSPS) is 11.9. The molecule has 3 aromatic rings. The second kappa shape index (κ2) is 6.36. The molecule has 2 aromatic carbocycles. The average molecular weight is 306 g/mol. The van der Waals surface area contributed by atoms with Crippen LogP contribution in [0, 0.1) is 0 Å². The zero-order chi connectivity index (χ0) is 16.2. The highest BCUT2D eigenvalue weighted by molar-refractivity contribution is 6.05. The number of benzene rings is 2. The van der Waals surface area contributed by atoms with E-state index in [1.165, 1.54) is 0 Å². The Morgan fingerprint density at radius 2 is 1.87 bits per heavy atom. The summed E-state index contributed by atoms with van der Waals surface area (Å²) in [6.45, 7) is 2.06. The van der Waals surface area contributed by atoms with Gasteiger partial charge in [0.15, 0.2) is 0 Å². The number of amides is 1. The predicted octanol–water partition coefficient (Wildman–Crippen LogP) is 3.33. The highest BCUT2D eigenvalue weighted by atomic mass is 16.1. The van der Waals surface area contributed by atoms with Crippen LogP contribution in [0.15, 0.2) is 67.0 Å². The topological polar surface area (TPSA) is 72.9 Å². The number of nitrogens with zero attached hydrogens (tertiary/aromatic N) is 2. The summed E-state index contributed by atoms with van der Waals surface area (Å²) in [6, 6.07) is 16.7. The third kappa shape index (κ3) is 3.23. The third-order valence-electron chi connectivity index (χ3n) is 3.79. The summed E-state index contributed by atoms with van der Waals surface area (Å²) in [5.41, 5.74) is 8.68. The Balaban J connectivity index is 1.74. The fourth-order valence-corrected chi connectivity index (χ4v) is 2.38. The first-order chi connectivity index (χ1) is 11.1. The summed E-state index contributed by atoms with van der Waals surface area (Å²) >= 11 is 0.